The van der Waals surface area contributed by atoms with Gasteiger partial charge in [-0.3, -0.25) is 0 Å². The van der Waals surface area contributed by atoms with Crippen LogP contribution in [0.25, 0.3) is 10.8 Å². The predicted octanol–water partition coefficient (Wildman–Crippen LogP) is 1.82. The molecule has 0 saturated carbocycles. The fraction of sp³-hybridized carbons (Fsp3) is 0.267. The van der Waals surface area contributed by atoms with E-state index < -0.39 is 0 Å². The summed E-state index contributed by atoms with van der Waals surface area (Å²) in [7, 11) is 0. The third kappa shape index (κ3) is 3.45. The Hall–Kier alpha value is -1.69. The fourth-order valence-corrected chi connectivity index (χ4v) is 2.38. The van der Waals surface area contributed by atoms with E-state index in [-0.39, 0.29) is 13.2 Å². The van der Waals surface area contributed by atoms with Gasteiger partial charge in [-0.05, 0) is 23.7 Å². The quantitative estimate of drug-likeness (QED) is 0.734. The molecule has 0 radical (unpaired) electrons. The molecule has 0 aromatic heterocycles. The number of rotatable bonds is 5. The molecule has 0 heterocycles. The monoisotopic (exact) mass is 290 g/mol. The van der Waals surface area contributed by atoms with Gasteiger partial charge in [0.1, 0.15) is 0 Å². The lowest BCUT2D eigenvalue weighted by molar-refractivity contribution is 0.214. The van der Waals surface area contributed by atoms with Gasteiger partial charge in [0.25, 0.3) is 0 Å². The number of thiocarbonyl (C=S) groups is 1. The van der Waals surface area contributed by atoms with Gasteiger partial charge in [0, 0.05) is 24.2 Å². The maximum Gasteiger partial charge on any atom is 0.173 e. The number of anilines is 1. The molecular formula is C15H18N2O2S. The van der Waals surface area contributed by atoms with Crippen LogP contribution < -0.4 is 5.32 Å². The van der Waals surface area contributed by atoms with E-state index in [1.807, 2.05) is 42.5 Å². The summed E-state index contributed by atoms with van der Waals surface area (Å²) in [5, 5.41) is 24.0. The second-order valence-electron chi connectivity index (χ2n) is 4.39. The van der Waals surface area contributed by atoms with Crippen molar-refractivity contribution in [1.29, 1.82) is 0 Å². The SMILES string of the molecule is OCCN(CCO)C(=S)Nc1cccc2ccccc12. The Morgan fingerprint density at radius 1 is 1.00 bits per heavy atom. The van der Waals surface area contributed by atoms with Gasteiger partial charge in [0.05, 0.1) is 13.2 Å². The van der Waals surface area contributed by atoms with Crippen molar-refractivity contribution in [3.05, 3.63) is 42.5 Å². The highest BCUT2D eigenvalue weighted by Gasteiger charge is 2.09. The molecular weight excluding hydrogens is 272 g/mol. The molecule has 0 atom stereocenters. The molecule has 0 fully saturated rings. The topological polar surface area (TPSA) is 55.7 Å². The lowest BCUT2D eigenvalue weighted by atomic mass is 10.1. The predicted molar refractivity (Wildman–Crippen MR) is 85.9 cm³/mol. The number of fused-ring (bicyclic) bond motifs is 1. The van der Waals surface area contributed by atoms with Crippen LogP contribution in [0.3, 0.4) is 0 Å². The number of aliphatic hydroxyl groups is 2. The zero-order valence-corrected chi connectivity index (χ0v) is 11.9. The van der Waals surface area contributed by atoms with Gasteiger partial charge in [0.15, 0.2) is 5.11 Å². The molecule has 20 heavy (non-hydrogen) atoms. The molecule has 2 aromatic rings. The maximum absolute atomic E-state index is 9.04. The van der Waals surface area contributed by atoms with Crippen molar-refractivity contribution in [2.45, 2.75) is 0 Å². The van der Waals surface area contributed by atoms with E-state index in [0.29, 0.717) is 18.2 Å². The van der Waals surface area contributed by atoms with Crippen LogP contribution >= 0.6 is 12.2 Å². The van der Waals surface area contributed by atoms with Crippen LogP contribution in [0.15, 0.2) is 42.5 Å². The molecule has 0 aliphatic carbocycles. The van der Waals surface area contributed by atoms with E-state index in [9.17, 15) is 0 Å². The number of hydrogen-bond acceptors (Lipinski definition) is 3. The van der Waals surface area contributed by atoms with E-state index in [0.717, 1.165) is 16.5 Å². The Kier molecular flexibility index (Phi) is 5.29. The molecule has 106 valence electrons. The second-order valence-corrected chi connectivity index (χ2v) is 4.78. The molecule has 0 saturated heterocycles. The first-order chi connectivity index (χ1) is 9.76. The van der Waals surface area contributed by atoms with Crippen LogP contribution in [0.4, 0.5) is 5.69 Å². The Labute approximate surface area is 123 Å². The molecule has 2 aromatic carbocycles. The maximum atomic E-state index is 9.04. The number of aliphatic hydroxyl groups excluding tert-OH is 2. The number of nitrogens with one attached hydrogen (secondary N) is 1. The van der Waals surface area contributed by atoms with Crippen LogP contribution in [-0.4, -0.2) is 46.5 Å². The molecule has 0 unspecified atom stereocenters. The Bertz CT molecular complexity index is 578. The van der Waals surface area contributed by atoms with Crippen LogP contribution in [0.5, 0.6) is 0 Å². The lowest BCUT2D eigenvalue weighted by Gasteiger charge is -2.24. The summed E-state index contributed by atoms with van der Waals surface area (Å²) < 4.78 is 0. The lowest BCUT2D eigenvalue weighted by Crippen LogP contribution is -2.38. The van der Waals surface area contributed by atoms with Crippen molar-refractivity contribution < 1.29 is 10.2 Å². The molecule has 0 aliphatic rings. The summed E-state index contributed by atoms with van der Waals surface area (Å²) in [6.45, 7) is 0.795. The van der Waals surface area contributed by atoms with E-state index in [1.165, 1.54) is 0 Å². The summed E-state index contributed by atoms with van der Waals surface area (Å²) in [5.41, 5.74) is 0.925. The van der Waals surface area contributed by atoms with Crippen molar-refractivity contribution in [2.75, 3.05) is 31.6 Å². The van der Waals surface area contributed by atoms with Gasteiger partial charge < -0.3 is 20.4 Å². The molecule has 5 heteroatoms. The van der Waals surface area contributed by atoms with Gasteiger partial charge in [0.2, 0.25) is 0 Å². The van der Waals surface area contributed by atoms with Crippen LogP contribution in [0.1, 0.15) is 0 Å². The largest absolute Gasteiger partial charge is 0.395 e. The average molecular weight is 290 g/mol. The highest BCUT2D eigenvalue weighted by Crippen LogP contribution is 2.23. The zero-order valence-electron chi connectivity index (χ0n) is 11.1. The van der Waals surface area contributed by atoms with Crippen molar-refractivity contribution in [2.24, 2.45) is 0 Å². The van der Waals surface area contributed by atoms with Crippen LogP contribution in [0, 0.1) is 0 Å². The number of hydrogen-bond donors (Lipinski definition) is 3. The van der Waals surface area contributed by atoms with E-state index in [2.05, 4.69) is 5.32 Å². The highest BCUT2D eigenvalue weighted by molar-refractivity contribution is 7.80. The molecule has 2 rings (SSSR count). The second kappa shape index (κ2) is 7.19. The Balaban J connectivity index is 2.20. The van der Waals surface area contributed by atoms with Crippen molar-refractivity contribution in [1.82, 2.24) is 4.90 Å². The highest BCUT2D eigenvalue weighted by atomic mass is 32.1. The van der Waals surface area contributed by atoms with Gasteiger partial charge in [-0.15, -0.1) is 0 Å². The summed E-state index contributed by atoms with van der Waals surface area (Å²) >= 11 is 5.34. The normalized spacial score (nSPS) is 10.5. The van der Waals surface area contributed by atoms with Crippen LogP contribution in [0.2, 0.25) is 0 Å². The van der Waals surface area contributed by atoms with Crippen molar-refractivity contribution in [3.8, 4) is 0 Å². The standard InChI is InChI=1S/C15H18N2O2S/c18-10-8-17(9-11-19)15(20)16-14-7-3-5-12-4-1-2-6-13(12)14/h1-7,18-19H,8-11H2,(H,16,20). The molecule has 0 bridgehead atoms. The molecule has 4 nitrogen and oxygen atoms in total. The number of nitrogens with zero attached hydrogens (tertiary/aromatic N) is 1. The first-order valence-corrected chi connectivity index (χ1v) is 6.92. The fourth-order valence-electron chi connectivity index (χ4n) is 2.08. The first-order valence-electron chi connectivity index (χ1n) is 6.51. The average Bonchev–Trinajstić information content (AvgIpc) is 2.47. The van der Waals surface area contributed by atoms with E-state index in [1.54, 1.807) is 4.90 Å². The molecule has 0 spiro atoms. The van der Waals surface area contributed by atoms with Crippen molar-refractivity contribution in [3.63, 3.8) is 0 Å². The molecule has 3 N–H and O–H groups in total. The minimum atomic E-state index is -0.00262. The van der Waals surface area contributed by atoms with Crippen LogP contribution in [-0.2, 0) is 0 Å². The summed E-state index contributed by atoms with van der Waals surface area (Å²) in [4.78, 5) is 1.75. The Morgan fingerprint density at radius 3 is 2.35 bits per heavy atom. The third-order valence-electron chi connectivity index (χ3n) is 3.06. The summed E-state index contributed by atoms with van der Waals surface area (Å²) in [6, 6.07) is 14.0. The minimum Gasteiger partial charge on any atom is -0.395 e. The van der Waals surface area contributed by atoms with Crippen molar-refractivity contribution >= 4 is 33.8 Å². The summed E-state index contributed by atoms with van der Waals surface area (Å²) in [5.74, 6) is 0. The summed E-state index contributed by atoms with van der Waals surface area (Å²) in [6.07, 6.45) is 0. The van der Waals surface area contributed by atoms with Gasteiger partial charge in [-0.2, -0.15) is 0 Å². The molecule has 0 aliphatic heterocycles. The zero-order chi connectivity index (χ0) is 14.4. The smallest absolute Gasteiger partial charge is 0.173 e. The minimum absolute atomic E-state index is 0.00262. The van der Waals surface area contributed by atoms with E-state index >= 15 is 0 Å². The Morgan fingerprint density at radius 2 is 1.65 bits per heavy atom. The van der Waals surface area contributed by atoms with Gasteiger partial charge in [-0.25, -0.2) is 0 Å². The molecule has 0 amide bonds. The van der Waals surface area contributed by atoms with E-state index in [4.69, 9.17) is 22.4 Å². The van der Waals surface area contributed by atoms with Gasteiger partial charge >= 0.3 is 0 Å². The van der Waals surface area contributed by atoms with Gasteiger partial charge in [-0.1, -0.05) is 36.4 Å². The number of benzene rings is 2. The third-order valence-corrected chi connectivity index (χ3v) is 3.42. The first kappa shape index (κ1) is 14.7.